The molecule has 1 N–H and O–H groups in total. The highest BCUT2D eigenvalue weighted by Gasteiger charge is 2.23. The molecular formula is C28H43NO3S. The first-order valence-corrected chi connectivity index (χ1v) is 13.7. The number of amides is 1. The van der Waals surface area contributed by atoms with Gasteiger partial charge in [-0.15, -0.1) is 11.8 Å². The zero-order valence-electron chi connectivity index (χ0n) is 20.9. The number of nitrogens with one attached hydrogen (secondary N) is 1. The van der Waals surface area contributed by atoms with Gasteiger partial charge in [0.25, 0.3) is 0 Å². The topological polar surface area (TPSA) is 55.4 Å². The Hall–Kier alpha value is -1.93. The Morgan fingerprint density at radius 3 is 2.15 bits per heavy atom. The van der Waals surface area contributed by atoms with E-state index in [1.807, 2.05) is 39.0 Å². The molecule has 184 valence electrons. The molecule has 0 saturated carbocycles. The molecule has 0 bridgehead atoms. The second-order valence-corrected chi connectivity index (χ2v) is 10.0. The summed E-state index contributed by atoms with van der Waals surface area (Å²) in [7, 11) is 0. The Morgan fingerprint density at radius 2 is 1.55 bits per heavy atom. The van der Waals surface area contributed by atoms with Gasteiger partial charge in [-0.1, -0.05) is 77.0 Å². The molecule has 1 atom stereocenters. The van der Waals surface area contributed by atoms with Crippen molar-refractivity contribution in [3.8, 4) is 17.6 Å². The van der Waals surface area contributed by atoms with Gasteiger partial charge in [-0.2, -0.15) is 11.8 Å². The van der Waals surface area contributed by atoms with E-state index in [0.29, 0.717) is 17.9 Å². The van der Waals surface area contributed by atoms with Crippen molar-refractivity contribution < 1.29 is 14.3 Å². The number of esters is 1. The Bertz CT molecular complexity index is 709. The zero-order chi connectivity index (χ0) is 24.2. The van der Waals surface area contributed by atoms with Crippen LogP contribution in [-0.4, -0.2) is 29.4 Å². The van der Waals surface area contributed by atoms with Crippen LogP contribution in [0.3, 0.4) is 0 Å². The number of para-hydroxylation sites is 1. The van der Waals surface area contributed by atoms with Gasteiger partial charge in [0.1, 0.15) is 11.8 Å². The van der Waals surface area contributed by atoms with Crippen LogP contribution in [0.15, 0.2) is 30.3 Å². The van der Waals surface area contributed by atoms with Gasteiger partial charge < -0.3 is 10.1 Å². The average molecular weight is 474 g/mol. The van der Waals surface area contributed by atoms with E-state index in [-0.39, 0.29) is 11.8 Å². The zero-order valence-corrected chi connectivity index (χ0v) is 21.7. The van der Waals surface area contributed by atoms with Crippen molar-refractivity contribution in [3.63, 3.8) is 0 Å². The number of benzene rings is 1. The van der Waals surface area contributed by atoms with Crippen LogP contribution in [-0.2, 0) is 9.59 Å². The van der Waals surface area contributed by atoms with Gasteiger partial charge in [0.15, 0.2) is 0 Å². The average Bonchev–Trinajstić information content (AvgIpc) is 2.79. The largest absolute Gasteiger partial charge is 0.425 e. The number of thioether (sulfide) groups is 1. The molecule has 0 aromatic heterocycles. The Morgan fingerprint density at radius 1 is 0.939 bits per heavy atom. The molecule has 1 aromatic carbocycles. The molecule has 0 saturated heterocycles. The molecule has 1 rings (SSSR count). The van der Waals surface area contributed by atoms with Gasteiger partial charge in [-0.05, 0) is 50.0 Å². The smallest absolute Gasteiger partial charge is 0.334 e. The molecule has 0 spiro atoms. The SMILES string of the molecule is CC#CCCCCCCCCCCCSCC(=O)NC(CC(C)C)C(=O)Oc1ccccc1. The number of hydrogen-bond acceptors (Lipinski definition) is 4. The van der Waals surface area contributed by atoms with E-state index >= 15 is 0 Å². The molecule has 4 nitrogen and oxygen atoms in total. The molecule has 0 heterocycles. The molecule has 33 heavy (non-hydrogen) atoms. The molecule has 0 aliphatic heterocycles. The van der Waals surface area contributed by atoms with Crippen molar-refractivity contribution >= 4 is 23.6 Å². The van der Waals surface area contributed by atoms with E-state index in [9.17, 15) is 9.59 Å². The standard InChI is InChI=1S/C28H43NO3S/c1-4-5-6-7-8-9-10-11-12-13-14-18-21-33-23-27(30)29-26(22-24(2)3)28(31)32-25-19-16-15-17-20-25/h15-17,19-20,24,26H,6-14,18,21-23H2,1-3H3,(H,29,30). The molecule has 5 heteroatoms. The molecule has 1 unspecified atom stereocenters. The maximum Gasteiger partial charge on any atom is 0.334 e. The third kappa shape index (κ3) is 16.3. The molecule has 0 radical (unpaired) electrons. The highest BCUT2D eigenvalue weighted by atomic mass is 32.2. The normalized spacial score (nSPS) is 11.5. The van der Waals surface area contributed by atoms with E-state index in [1.165, 1.54) is 51.4 Å². The maximum atomic E-state index is 12.5. The molecule has 1 aromatic rings. The first-order valence-electron chi connectivity index (χ1n) is 12.6. The number of unbranched alkanes of at least 4 members (excludes halogenated alkanes) is 9. The van der Waals surface area contributed by atoms with Crippen LogP contribution in [0, 0.1) is 17.8 Å². The summed E-state index contributed by atoms with van der Waals surface area (Å²) < 4.78 is 5.44. The Labute approximate surface area is 206 Å². The summed E-state index contributed by atoms with van der Waals surface area (Å²) in [5.74, 6) is 7.72. The van der Waals surface area contributed by atoms with Gasteiger partial charge in [-0.3, -0.25) is 4.79 Å². The van der Waals surface area contributed by atoms with Gasteiger partial charge in [0.2, 0.25) is 5.91 Å². The van der Waals surface area contributed by atoms with Crippen LogP contribution in [0.5, 0.6) is 5.75 Å². The van der Waals surface area contributed by atoms with Crippen LogP contribution in [0.2, 0.25) is 0 Å². The first kappa shape index (κ1) is 29.1. The molecule has 0 aliphatic rings. The summed E-state index contributed by atoms with van der Waals surface area (Å²) in [6.07, 6.45) is 13.1. The van der Waals surface area contributed by atoms with Crippen molar-refractivity contribution in [3.05, 3.63) is 30.3 Å². The highest BCUT2D eigenvalue weighted by molar-refractivity contribution is 7.99. The Kier molecular flexibility index (Phi) is 17.2. The van der Waals surface area contributed by atoms with Crippen LogP contribution >= 0.6 is 11.8 Å². The lowest BCUT2D eigenvalue weighted by Gasteiger charge is -2.19. The fourth-order valence-electron chi connectivity index (χ4n) is 3.54. The van der Waals surface area contributed by atoms with Crippen LogP contribution in [0.4, 0.5) is 0 Å². The number of hydrogen-bond donors (Lipinski definition) is 1. The summed E-state index contributed by atoms with van der Waals surface area (Å²) in [4.78, 5) is 24.9. The summed E-state index contributed by atoms with van der Waals surface area (Å²) in [6, 6.07) is 8.38. The monoisotopic (exact) mass is 473 g/mol. The number of carbonyl (C=O) groups excluding carboxylic acids is 2. The maximum absolute atomic E-state index is 12.5. The van der Waals surface area contributed by atoms with Crippen molar-refractivity contribution in [2.24, 2.45) is 5.92 Å². The predicted octanol–water partition coefficient (Wildman–Crippen LogP) is 6.78. The minimum atomic E-state index is -0.613. The minimum Gasteiger partial charge on any atom is -0.425 e. The van der Waals surface area contributed by atoms with Crippen molar-refractivity contribution in [1.82, 2.24) is 5.32 Å². The summed E-state index contributed by atoms with van der Waals surface area (Å²) >= 11 is 1.64. The summed E-state index contributed by atoms with van der Waals surface area (Å²) in [5.41, 5.74) is 0. The molecule has 0 aliphatic carbocycles. The molecule has 1 amide bonds. The lowest BCUT2D eigenvalue weighted by Crippen LogP contribution is -2.44. The van der Waals surface area contributed by atoms with Crippen LogP contribution < -0.4 is 10.1 Å². The fraction of sp³-hybridized carbons (Fsp3) is 0.643. The van der Waals surface area contributed by atoms with E-state index in [0.717, 1.165) is 18.6 Å². The van der Waals surface area contributed by atoms with Crippen LogP contribution in [0.25, 0.3) is 0 Å². The van der Waals surface area contributed by atoms with Crippen molar-refractivity contribution in [1.29, 1.82) is 0 Å². The fourth-order valence-corrected chi connectivity index (χ4v) is 4.36. The molecule has 0 fully saturated rings. The highest BCUT2D eigenvalue weighted by Crippen LogP contribution is 2.14. The van der Waals surface area contributed by atoms with E-state index < -0.39 is 12.0 Å². The second kappa shape index (κ2) is 19.5. The van der Waals surface area contributed by atoms with Gasteiger partial charge in [-0.25, -0.2) is 4.79 Å². The second-order valence-electron chi connectivity index (χ2n) is 8.90. The van der Waals surface area contributed by atoms with Crippen molar-refractivity contribution in [2.75, 3.05) is 11.5 Å². The minimum absolute atomic E-state index is 0.0967. The lowest BCUT2D eigenvalue weighted by atomic mass is 10.0. The van der Waals surface area contributed by atoms with E-state index in [2.05, 4.69) is 17.2 Å². The number of ether oxygens (including phenoxy) is 1. The lowest BCUT2D eigenvalue weighted by molar-refractivity contribution is -0.139. The number of rotatable bonds is 18. The van der Waals surface area contributed by atoms with Gasteiger partial charge in [0, 0.05) is 6.42 Å². The summed E-state index contributed by atoms with van der Waals surface area (Å²) in [6.45, 7) is 5.97. The van der Waals surface area contributed by atoms with Gasteiger partial charge >= 0.3 is 5.97 Å². The van der Waals surface area contributed by atoms with E-state index in [1.54, 1.807) is 23.9 Å². The first-order chi connectivity index (χ1) is 16.0. The predicted molar refractivity (Wildman–Crippen MR) is 140 cm³/mol. The quantitative estimate of drug-likeness (QED) is 0.110. The molecular weight excluding hydrogens is 430 g/mol. The van der Waals surface area contributed by atoms with Crippen molar-refractivity contribution in [2.45, 2.75) is 97.4 Å². The third-order valence-electron chi connectivity index (χ3n) is 5.29. The summed E-state index contributed by atoms with van der Waals surface area (Å²) in [5, 5.41) is 2.87. The van der Waals surface area contributed by atoms with E-state index in [4.69, 9.17) is 4.74 Å². The van der Waals surface area contributed by atoms with Gasteiger partial charge in [0.05, 0.1) is 5.75 Å². The third-order valence-corrected chi connectivity index (χ3v) is 6.33. The van der Waals surface area contributed by atoms with Crippen LogP contribution in [0.1, 0.15) is 91.4 Å². The Balaban J connectivity index is 2.11. The number of carbonyl (C=O) groups is 2.